The zero-order valence-electron chi connectivity index (χ0n) is 35.0. The zero-order valence-corrected chi connectivity index (χ0v) is 35.8. The topological polar surface area (TPSA) is 117 Å². The molecule has 0 fully saturated rings. The summed E-state index contributed by atoms with van der Waals surface area (Å²) in [7, 11) is -4.27. The van der Waals surface area contributed by atoms with Gasteiger partial charge in [-0.15, -0.1) is 0 Å². The fraction of sp³-hybridized carbons (Fsp3) is 0.800. The van der Waals surface area contributed by atoms with E-state index in [0.717, 1.165) is 38.5 Å². The molecule has 0 bridgehead atoms. The lowest BCUT2D eigenvalue weighted by molar-refractivity contribution is -0.147. The molecule has 2 unspecified atom stereocenters. The molecule has 0 aromatic carbocycles. The predicted octanol–water partition coefficient (Wildman–Crippen LogP) is 13.5. The van der Waals surface area contributed by atoms with Crippen LogP contribution in [0.1, 0.15) is 200 Å². The van der Waals surface area contributed by atoms with Gasteiger partial charge in [-0.2, -0.15) is 0 Å². The van der Waals surface area contributed by atoms with E-state index < -0.39 is 13.9 Å². The van der Waals surface area contributed by atoms with Gasteiger partial charge >= 0.3 is 13.8 Å². The summed E-state index contributed by atoms with van der Waals surface area (Å²) in [6, 6.07) is 0. The van der Waals surface area contributed by atoms with Gasteiger partial charge in [0.1, 0.15) is 6.61 Å². The quantitative estimate of drug-likeness (QED) is 0.0207. The van der Waals surface area contributed by atoms with Crippen LogP contribution in [-0.4, -0.2) is 43.3 Å². The van der Waals surface area contributed by atoms with Crippen LogP contribution in [0.15, 0.2) is 48.8 Å². The summed E-state index contributed by atoms with van der Waals surface area (Å²) in [6.07, 6.45) is 50.8. The van der Waals surface area contributed by atoms with Crippen LogP contribution < -0.4 is 5.73 Å². The van der Waals surface area contributed by atoms with Crippen LogP contribution in [0.4, 0.5) is 0 Å². The number of nitrogens with two attached hydrogens (primary N) is 1. The predicted molar refractivity (Wildman–Crippen MR) is 228 cm³/mol. The summed E-state index contributed by atoms with van der Waals surface area (Å²) in [6.45, 7) is 4.17. The molecular formula is C45H84NO7P. The van der Waals surface area contributed by atoms with Crippen molar-refractivity contribution in [3.63, 3.8) is 0 Å². The molecule has 316 valence electrons. The normalized spacial score (nSPS) is 13.9. The highest BCUT2D eigenvalue weighted by Gasteiger charge is 2.24. The molecule has 54 heavy (non-hydrogen) atoms. The van der Waals surface area contributed by atoms with Gasteiger partial charge in [0.25, 0.3) is 0 Å². The summed E-state index contributed by atoms with van der Waals surface area (Å²) in [5, 5.41) is 0. The highest BCUT2D eigenvalue weighted by atomic mass is 31.2. The molecule has 0 saturated heterocycles. The summed E-state index contributed by atoms with van der Waals surface area (Å²) < 4.78 is 33.2. The first kappa shape index (κ1) is 52.3. The van der Waals surface area contributed by atoms with Crippen LogP contribution in [-0.2, 0) is 27.9 Å². The van der Waals surface area contributed by atoms with E-state index >= 15 is 0 Å². The molecule has 0 aliphatic rings. The van der Waals surface area contributed by atoms with Gasteiger partial charge in [0.05, 0.1) is 19.5 Å². The Labute approximate surface area is 332 Å². The van der Waals surface area contributed by atoms with Crippen molar-refractivity contribution in [3.8, 4) is 0 Å². The molecule has 0 heterocycles. The van der Waals surface area contributed by atoms with Crippen molar-refractivity contribution in [2.75, 3.05) is 26.4 Å². The average Bonchev–Trinajstić information content (AvgIpc) is 3.16. The van der Waals surface area contributed by atoms with Gasteiger partial charge in [0.15, 0.2) is 6.10 Å². The summed E-state index contributed by atoms with van der Waals surface area (Å²) in [5.41, 5.74) is 5.37. The number of unbranched alkanes of at least 4 members (excludes halogenated alkanes) is 23. The Morgan fingerprint density at radius 2 is 1.00 bits per heavy atom. The minimum absolute atomic E-state index is 0.0694. The van der Waals surface area contributed by atoms with Crippen molar-refractivity contribution in [1.29, 1.82) is 0 Å². The number of carbonyl (C=O) groups excluding carboxylic acids is 1. The zero-order chi connectivity index (χ0) is 39.5. The fourth-order valence-corrected chi connectivity index (χ4v) is 6.71. The number of esters is 1. The largest absolute Gasteiger partial charge is 0.492 e. The number of hydrogen-bond acceptors (Lipinski definition) is 7. The molecule has 0 aliphatic carbocycles. The maximum Gasteiger partial charge on any atom is 0.472 e. The van der Waals surface area contributed by atoms with Gasteiger partial charge in [0, 0.05) is 13.0 Å². The van der Waals surface area contributed by atoms with Crippen molar-refractivity contribution in [1.82, 2.24) is 0 Å². The number of phosphoric acid groups is 1. The molecule has 0 aromatic heterocycles. The molecule has 2 atom stereocenters. The standard InChI is InChI=1S/C45H84NO7P/c1-3-5-7-9-11-13-15-17-19-21-22-23-24-26-28-30-32-34-36-38-45(47)51-42-44(43-53-54(48,49)52-41-39-46)50-40-37-35-33-31-29-27-25-20-18-16-14-12-10-8-6-4-2/h11,13-14,16-17,19,37,40,44H,3-10,12,15,18,20-36,38-39,41-43,46H2,1-2H3,(H,48,49). The minimum atomic E-state index is -4.27. The highest BCUT2D eigenvalue weighted by molar-refractivity contribution is 7.47. The third kappa shape index (κ3) is 41.5. The van der Waals surface area contributed by atoms with Gasteiger partial charge in [-0.3, -0.25) is 13.8 Å². The van der Waals surface area contributed by atoms with E-state index in [2.05, 4.69) is 50.3 Å². The maximum absolute atomic E-state index is 12.4. The van der Waals surface area contributed by atoms with E-state index in [4.69, 9.17) is 24.3 Å². The van der Waals surface area contributed by atoms with E-state index in [1.54, 1.807) is 6.26 Å². The van der Waals surface area contributed by atoms with Crippen LogP contribution in [0.5, 0.6) is 0 Å². The molecule has 0 saturated carbocycles. The third-order valence-corrected chi connectivity index (χ3v) is 10.3. The molecule has 3 N–H and O–H groups in total. The van der Waals surface area contributed by atoms with E-state index in [1.807, 2.05) is 6.08 Å². The Balaban J connectivity index is 4.06. The molecule has 0 aliphatic heterocycles. The van der Waals surface area contributed by atoms with Crippen LogP contribution in [0.25, 0.3) is 0 Å². The van der Waals surface area contributed by atoms with Crippen molar-refractivity contribution in [2.45, 2.75) is 206 Å². The molecule has 0 spiro atoms. The second-order valence-electron chi connectivity index (χ2n) is 14.6. The van der Waals surface area contributed by atoms with Gasteiger partial charge in [-0.25, -0.2) is 4.57 Å². The number of hydrogen-bond donors (Lipinski definition) is 2. The van der Waals surface area contributed by atoms with E-state index in [-0.39, 0.29) is 32.3 Å². The van der Waals surface area contributed by atoms with Crippen LogP contribution in [0.3, 0.4) is 0 Å². The van der Waals surface area contributed by atoms with Crippen LogP contribution in [0, 0.1) is 0 Å². The summed E-state index contributed by atoms with van der Waals surface area (Å²) in [5.74, 6) is -0.297. The minimum Gasteiger partial charge on any atom is -0.492 e. The number of carbonyl (C=O) groups is 1. The number of ether oxygens (including phenoxy) is 2. The second kappa shape index (κ2) is 42.4. The van der Waals surface area contributed by atoms with Gasteiger partial charge in [0.2, 0.25) is 0 Å². The molecular weight excluding hydrogens is 697 g/mol. The Kier molecular flexibility index (Phi) is 41.1. The first-order valence-corrected chi connectivity index (χ1v) is 23.7. The van der Waals surface area contributed by atoms with Crippen molar-refractivity contribution in [3.05, 3.63) is 48.8 Å². The van der Waals surface area contributed by atoms with Crippen molar-refractivity contribution >= 4 is 13.8 Å². The molecule has 8 nitrogen and oxygen atoms in total. The Hall–Kier alpha value is -1.70. The summed E-state index contributed by atoms with van der Waals surface area (Å²) >= 11 is 0. The van der Waals surface area contributed by atoms with Crippen LogP contribution in [0.2, 0.25) is 0 Å². The molecule has 0 aromatic rings. The van der Waals surface area contributed by atoms with Crippen molar-refractivity contribution < 1.29 is 32.8 Å². The van der Waals surface area contributed by atoms with Crippen molar-refractivity contribution in [2.24, 2.45) is 5.73 Å². The maximum atomic E-state index is 12.4. The van der Waals surface area contributed by atoms with Crippen LogP contribution >= 0.6 is 7.82 Å². The summed E-state index contributed by atoms with van der Waals surface area (Å²) in [4.78, 5) is 22.3. The number of phosphoric ester groups is 1. The smallest absolute Gasteiger partial charge is 0.472 e. The Morgan fingerprint density at radius 1 is 0.574 bits per heavy atom. The lowest BCUT2D eigenvalue weighted by atomic mass is 10.1. The number of rotatable bonds is 42. The van der Waals surface area contributed by atoms with E-state index in [9.17, 15) is 14.3 Å². The van der Waals surface area contributed by atoms with Gasteiger partial charge in [-0.05, 0) is 83.1 Å². The monoisotopic (exact) mass is 782 g/mol. The molecule has 0 rings (SSSR count). The SMILES string of the molecule is CCCCCC=CCC=CCCCCCCCCCCCC(=O)OCC(COP(=O)(O)OCCN)OC=CCCCCCCCCC=CCCCCCC. The lowest BCUT2D eigenvalue weighted by Gasteiger charge is -2.19. The molecule has 0 radical (unpaired) electrons. The van der Waals surface area contributed by atoms with Gasteiger partial charge < -0.3 is 20.1 Å². The highest BCUT2D eigenvalue weighted by Crippen LogP contribution is 2.43. The van der Waals surface area contributed by atoms with Gasteiger partial charge in [-0.1, -0.05) is 153 Å². The van der Waals surface area contributed by atoms with E-state index in [0.29, 0.717) is 6.42 Å². The molecule has 9 heteroatoms. The first-order valence-electron chi connectivity index (χ1n) is 22.2. The lowest BCUT2D eigenvalue weighted by Crippen LogP contribution is -2.25. The second-order valence-corrected chi connectivity index (χ2v) is 16.1. The molecule has 0 amide bonds. The number of allylic oxidation sites excluding steroid dienone is 7. The third-order valence-electron chi connectivity index (χ3n) is 9.31. The fourth-order valence-electron chi connectivity index (χ4n) is 5.95. The average molecular weight is 782 g/mol. The Morgan fingerprint density at radius 3 is 1.52 bits per heavy atom. The first-order chi connectivity index (χ1) is 26.4. The Bertz CT molecular complexity index is 968. The van der Waals surface area contributed by atoms with E-state index in [1.165, 1.54) is 141 Å².